The Balaban J connectivity index is 1.76. The Morgan fingerprint density at radius 2 is 2.00 bits per heavy atom. The number of hydrazine groups is 1. The zero-order chi connectivity index (χ0) is 14.7. The van der Waals surface area contributed by atoms with E-state index in [1.165, 1.54) is 0 Å². The maximum Gasteiger partial charge on any atom is 0.163 e. The van der Waals surface area contributed by atoms with Gasteiger partial charge in [-0.3, -0.25) is 4.68 Å². The number of hydrogen-bond acceptors (Lipinski definition) is 6. The Bertz CT molecular complexity index is 740. The first-order valence-corrected chi connectivity index (χ1v) is 6.55. The van der Waals surface area contributed by atoms with Crippen LogP contribution in [-0.4, -0.2) is 19.7 Å². The van der Waals surface area contributed by atoms with Crippen LogP contribution in [0.15, 0.2) is 36.5 Å². The molecule has 21 heavy (non-hydrogen) atoms. The minimum Gasteiger partial charge on any atom is -0.369 e. The molecule has 0 amide bonds. The summed E-state index contributed by atoms with van der Waals surface area (Å²) in [4.78, 5) is 8.78. The van der Waals surface area contributed by atoms with Gasteiger partial charge in [-0.1, -0.05) is 30.3 Å². The number of nitrogens with one attached hydrogen (secondary N) is 1. The Hall–Kier alpha value is -2.51. The van der Waals surface area contributed by atoms with E-state index in [1.807, 2.05) is 37.4 Å². The number of nitrogens with two attached hydrogens (primary N) is 1. The Morgan fingerprint density at radius 3 is 2.76 bits per heavy atom. The fourth-order valence-corrected chi connectivity index (χ4v) is 2.08. The Labute approximate surface area is 121 Å². The Morgan fingerprint density at radius 1 is 1.19 bits per heavy atom. The van der Waals surface area contributed by atoms with Crippen molar-refractivity contribution in [3.63, 3.8) is 0 Å². The number of nitrogens with zero attached hydrogens (tertiary/aromatic N) is 4. The number of fused-ring (bicyclic) bond motifs is 1. The summed E-state index contributed by atoms with van der Waals surface area (Å²) in [6.07, 6.45) is 1.68. The molecule has 7 nitrogen and oxygen atoms in total. The summed E-state index contributed by atoms with van der Waals surface area (Å²) < 4.78 is 7.33. The molecule has 1 aromatic carbocycles. The van der Waals surface area contributed by atoms with E-state index < -0.39 is 0 Å². The maximum atomic E-state index is 5.65. The van der Waals surface area contributed by atoms with Gasteiger partial charge in [0.05, 0.1) is 18.2 Å². The normalized spacial score (nSPS) is 11.0. The molecule has 7 heteroatoms. The molecular weight excluding hydrogens is 268 g/mol. The zero-order valence-corrected chi connectivity index (χ0v) is 11.7. The van der Waals surface area contributed by atoms with E-state index in [4.69, 9.17) is 10.6 Å². The van der Waals surface area contributed by atoms with E-state index >= 15 is 0 Å². The predicted octanol–water partition coefficient (Wildman–Crippen LogP) is 1.37. The second-order valence-electron chi connectivity index (χ2n) is 4.62. The van der Waals surface area contributed by atoms with Crippen LogP contribution in [0, 0.1) is 0 Å². The molecule has 0 aliphatic heterocycles. The lowest BCUT2D eigenvalue weighted by atomic mass is 10.2. The summed E-state index contributed by atoms with van der Waals surface area (Å²) in [7, 11) is 1.82. The fraction of sp³-hybridized carbons (Fsp3) is 0.214. The van der Waals surface area contributed by atoms with Crippen molar-refractivity contribution < 1.29 is 4.74 Å². The summed E-state index contributed by atoms with van der Waals surface area (Å²) in [5, 5.41) is 4.94. The van der Waals surface area contributed by atoms with Crippen LogP contribution in [0.2, 0.25) is 0 Å². The summed E-state index contributed by atoms with van der Waals surface area (Å²) >= 11 is 0. The van der Waals surface area contributed by atoms with Crippen molar-refractivity contribution in [3.8, 4) is 0 Å². The molecule has 3 aromatic rings. The molecule has 2 aromatic heterocycles. The molecule has 0 aliphatic carbocycles. The minimum absolute atomic E-state index is 0.310. The first-order chi connectivity index (χ1) is 10.3. The average molecular weight is 284 g/mol. The van der Waals surface area contributed by atoms with Crippen LogP contribution in [0.4, 0.5) is 5.82 Å². The van der Waals surface area contributed by atoms with Crippen LogP contribution >= 0.6 is 0 Å². The maximum absolute atomic E-state index is 5.65. The fourth-order valence-electron chi connectivity index (χ4n) is 2.08. The molecule has 3 rings (SSSR count). The highest BCUT2D eigenvalue weighted by Crippen LogP contribution is 2.18. The minimum atomic E-state index is 0.310. The van der Waals surface area contributed by atoms with Gasteiger partial charge in [0.1, 0.15) is 6.61 Å². The molecule has 0 unspecified atom stereocenters. The first kappa shape index (κ1) is 13.5. The molecule has 3 N–H and O–H groups in total. The number of aromatic nitrogens is 4. The van der Waals surface area contributed by atoms with Gasteiger partial charge in [0.2, 0.25) is 0 Å². The molecule has 0 aliphatic rings. The molecule has 0 atom stereocenters. The van der Waals surface area contributed by atoms with Gasteiger partial charge in [0, 0.05) is 7.05 Å². The van der Waals surface area contributed by atoms with E-state index in [1.54, 1.807) is 10.9 Å². The van der Waals surface area contributed by atoms with Gasteiger partial charge in [-0.2, -0.15) is 5.10 Å². The van der Waals surface area contributed by atoms with Crippen molar-refractivity contribution in [2.75, 3.05) is 5.43 Å². The molecule has 0 radical (unpaired) electrons. The predicted molar refractivity (Wildman–Crippen MR) is 79.0 cm³/mol. The zero-order valence-electron chi connectivity index (χ0n) is 11.7. The average Bonchev–Trinajstić information content (AvgIpc) is 2.89. The molecular formula is C14H16N6O. The van der Waals surface area contributed by atoms with Gasteiger partial charge in [-0.05, 0) is 5.56 Å². The smallest absolute Gasteiger partial charge is 0.163 e. The number of aryl methyl sites for hydroxylation is 1. The van der Waals surface area contributed by atoms with Crippen LogP contribution in [0.5, 0.6) is 0 Å². The van der Waals surface area contributed by atoms with Crippen molar-refractivity contribution in [2.45, 2.75) is 13.2 Å². The third-order valence-corrected chi connectivity index (χ3v) is 3.12. The third kappa shape index (κ3) is 2.83. The largest absolute Gasteiger partial charge is 0.369 e. The van der Waals surface area contributed by atoms with Crippen LogP contribution in [0.3, 0.4) is 0 Å². The van der Waals surface area contributed by atoms with Crippen molar-refractivity contribution in [1.29, 1.82) is 0 Å². The highest BCUT2D eigenvalue weighted by atomic mass is 16.5. The highest BCUT2D eigenvalue weighted by Gasteiger charge is 2.10. The van der Waals surface area contributed by atoms with Crippen LogP contribution in [0.1, 0.15) is 11.4 Å². The number of anilines is 1. The second kappa shape index (κ2) is 5.86. The topological polar surface area (TPSA) is 90.9 Å². The number of ether oxygens (including phenoxy) is 1. The van der Waals surface area contributed by atoms with Gasteiger partial charge in [0.25, 0.3) is 0 Å². The summed E-state index contributed by atoms with van der Waals surface area (Å²) in [5.41, 5.74) is 4.40. The standard InChI is InChI=1S/C14H16N6O/c1-20-14-11(7-16-20)13(19-15)17-12(18-14)9-21-8-10-5-3-2-4-6-10/h2-7H,8-9,15H2,1H3,(H,17,18,19). The molecule has 2 heterocycles. The summed E-state index contributed by atoms with van der Waals surface area (Å²) in [6.45, 7) is 0.823. The molecule has 0 bridgehead atoms. The van der Waals surface area contributed by atoms with Gasteiger partial charge in [0.15, 0.2) is 17.3 Å². The second-order valence-corrected chi connectivity index (χ2v) is 4.62. The van der Waals surface area contributed by atoms with Crippen molar-refractivity contribution in [1.82, 2.24) is 19.7 Å². The van der Waals surface area contributed by atoms with Crippen LogP contribution < -0.4 is 11.3 Å². The third-order valence-electron chi connectivity index (χ3n) is 3.12. The lowest BCUT2D eigenvalue weighted by Gasteiger charge is -2.07. The number of hydrogen-bond donors (Lipinski definition) is 2. The highest BCUT2D eigenvalue weighted by molar-refractivity contribution is 5.86. The van der Waals surface area contributed by atoms with E-state index in [-0.39, 0.29) is 0 Å². The lowest BCUT2D eigenvalue weighted by Crippen LogP contribution is -2.12. The first-order valence-electron chi connectivity index (χ1n) is 6.55. The molecule has 108 valence electrons. The number of nitrogen functional groups attached to an aromatic ring is 1. The summed E-state index contributed by atoms with van der Waals surface area (Å²) in [5.74, 6) is 6.61. The number of benzene rings is 1. The monoisotopic (exact) mass is 284 g/mol. The van der Waals surface area contributed by atoms with E-state index in [0.29, 0.717) is 24.9 Å². The van der Waals surface area contributed by atoms with Gasteiger partial charge < -0.3 is 10.2 Å². The molecule has 0 saturated carbocycles. The summed E-state index contributed by atoms with van der Waals surface area (Å²) in [6, 6.07) is 9.96. The van der Waals surface area contributed by atoms with Crippen LogP contribution in [-0.2, 0) is 25.0 Å². The SMILES string of the molecule is Cn1ncc2c(NN)nc(COCc3ccccc3)nc21. The van der Waals surface area contributed by atoms with E-state index in [9.17, 15) is 0 Å². The molecule has 0 spiro atoms. The lowest BCUT2D eigenvalue weighted by molar-refractivity contribution is 0.102. The van der Waals surface area contributed by atoms with E-state index in [2.05, 4.69) is 20.5 Å². The van der Waals surface area contributed by atoms with Gasteiger partial charge >= 0.3 is 0 Å². The van der Waals surface area contributed by atoms with Crippen LogP contribution in [0.25, 0.3) is 11.0 Å². The van der Waals surface area contributed by atoms with Gasteiger partial charge in [-0.15, -0.1) is 0 Å². The van der Waals surface area contributed by atoms with Gasteiger partial charge in [-0.25, -0.2) is 15.8 Å². The van der Waals surface area contributed by atoms with Crippen molar-refractivity contribution in [3.05, 3.63) is 47.9 Å². The quantitative estimate of drug-likeness (QED) is 0.543. The number of rotatable bonds is 5. The molecule has 0 fully saturated rings. The Kier molecular flexibility index (Phi) is 3.76. The van der Waals surface area contributed by atoms with Crippen molar-refractivity contribution >= 4 is 16.9 Å². The molecule has 0 saturated heterocycles. The van der Waals surface area contributed by atoms with E-state index in [0.717, 1.165) is 16.6 Å². The van der Waals surface area contributed by atoms with Crippen molar-refractivity contribution in [2.24, 2.45) is 12.9 Å².